The van der Waals surface area contributed by atoms with Crippen LogP contribution in [0, 0.1) is 13.8 Å². The molecule has 1 aromatic rings. The Bertz CT molecular complexity index is 445. The lowest BCUT2D eigenvalue weighted by Crippen LogP contribution is -2.25. The van der Waals surface area contributed by atoms with Crippen LogP contribution >= 0.6 is 11.8 Å². The maximum absolute atomic E-state index is 11.1. The molecule has 1 atom stereocenters. The van der Waals surface area contributed by atoms with Gasteiger partial charge in [-0.05, 0) is 45.4 Å². The van der Waals surface area contributed by atoms with Crippen LogP contribution in [0.25, 0.3) is 0 Å². The van der Waals surface area contributed by atoms with E-state index in [0.29, 0.717) is 5.56 Å². The van der Waals surface area contributed by atoms with Crippen molar-refractivity contribution in [1.29, 1.82) is 0 Å². The van der Waals surface area contributed by atoms with Gasteiger partial charge >= 0.3 is 5.97 Å². The first-order valence-electron chi connectivity index (χ1n) is 5.97. The molecule has 94 valence electrons. The van der Waals surface area contributed by atoms with Crippen LogP contribution in [0.5, 0.6) is 0 Å². The number of carboxylic acid groups (broad SMARTS) is 1. The summed E-state index contributed by atoms with van der Waals surface area (Å²) in [6, 6.07) is 1.78. The minimum atomic E-state index is -0.825. The molecule has 2 rings (SSSR count). The van der Waals surface area contributed by atoms with Gasteiger partial charge < -0.3 is 9.67 Å². The number of nitrogens with zero attached hydrogens (tertiary/aromatic N) is 1. The summed E-state index contributed by atoms with van der Waals surface area (Å²) in [5.41, 5.74) is 2.37. The molecule has 1 unspecified atom stereocenters. The van der Waals surface area contributed by atoms with E-state index in [9.17, 15) is 4.79 Å². The molecule has 1 aliphatic rings. The molecule has 0 aliphatic carbocycles. The number of rotatable bonds is 3. The van der Waals surface area contributed by atoms with Crippen molar-refractivity contribution in [2.45, 2.75) is 44.9 Å². The van der Waals surface area contributed by atoms with Gasteiger partial charge in [-0.1, -0.05) is 0 Å². The van der Waals surface area contributed by atoms with Crippen LogP contribution in [0.3, 0.4) is 0 Å². The quantitative estimate of drug-likeness (QED) is 0.900. The molecule has 0 saturated carbocycles. The Hall–Kier alpha value is -0.900. The van der Waals surface area contributed by atoms with E-state index in [1.807, 2.05) is 25.6 Å². The topological polar surface area (TPSA) is 42.2 Å². The number of carbonyl (C=O) groups is 1. The molecule has 0 radical (unpaired) electrons. The van der Waals surface area contributed by atoms with Crippen LogP contribution in [0.4, 0.5) is 0 Å². The minimum Gasteiger partial charge on any atom is -0.478 e. The highest BCUT2D eigenvalue weighted by molar-refractivity contribution is 8.00. The average Bonchev–Trinajstić information content (AvgIpc) is 2.78. The lowest BCUT2D eigenvalue weighted by atomic mass is 10.1. The number of aryl methyl sites for hydroxylation is 1. The zero-order valence-corrected chi connectivity index (χ0v) is 11.4. The Kier molecular flexibility index (Phi) is 3.25. The Morgan fingerprint density at radius 2 is 2.29 bits per heavy atom. The summed E-state index contributed by atoms with van der Waals surface area (Å²) in [7, 11) is 0. The number of aromatic nitrogens is 1. The van der Waals surface area contributed by atoms with Crippen LogP contribution in [0.1, 0.15) is 41.5 Å². The third-order valence-electron chi connectivity index (χ3n) is 3.60. The van der Waals surface area contributed by atoms with Crippen LogP contribution in [0.2, 0.25) is 0 Å². The summed E-state index contributed by atoms with van der Waals surface area (Å²) in [6.45, 7) is 7.09. The van der Waals surface area contributed by atoms with Crippen LogP contribution in [-0.4, -0.2) is 26.1 Å². The Morgan fingerprint density at radius 1 is 1.59 bits per heavy atom. The zero-order valence-electron chi connectivity index (χ0n) is 10.6. The van der Waals surface area contributed by atoms with Gasteiger partial charge in [0.1, 0.15) is 0 Å². The second-order valence-corrected chi connectivity index (χ2v) is 6.76. The maximum atomic E-state index is 11.1. The second kappa shape index (κ2) is 4.41. The molecule has 0 amide bonds. The summed E-state index contributed by atoms with van der Waals surface area (Å²) in [4.78, 5) is 11.1. The van der Waals surface area contributed by atoms with Crippen molar-refractivity contribution < 1.29 is 9.90 Å². The molecule has 1 fully saturated rings. The number of thioether (sulfide) groups is 1. The summed E-state index contributed by atoms with van der Waals surface area (Å²) in [5, 5.41) is 9.11. The van der Waals surface area contributed by atoms with Crippen molar-refractivity contribution >= 4 is 17.7 Å². The standard InChI is InChI=1S/C13H19NO2S/c1-9-7-11(12(15)16)10(2)14(9)8-13(3)5-4-6-17-13/h7H,4-6,8H2,1-3H3,(H,15,16). The summed E-state index contributed by atoms with van der Waals surface area (Å²) in [6.07, 6.45) is 2.49. The molecular weight excluding hydrogens is 234 g/mol. The van der Waals surface area contributed by atoms with Crippen molar-refractivity contribution in [3.63, 3.8) is 0 Å². The third-order valence-corrected chi connectivity index (χ3v) is 5.12. The monoisotopic (exact) mass is 253 g/mol. The van der Waals surface area contributed by atoms with Crippen LogP contribution < -0.4 is 0 Å². The highest BCUT2D eigenvalue weighted by Crippen LogP contribution is 2.39. The summed E-state index contributed by atoms with van der Waals surface area (Å²) >= 11 is 2.01. The number of hydrogen-bond acceptors (Lipinski definition) is 2. The molecular formula is C13H19NO2S. The van der Waals surface area contributed by atoms with E-state index in [1.165, 1.54) is 18.6 Å². The van der Waals surface area contributed by atoms with Crippen LogP contribution in [0.15, 0.2) is 6.07 Å². The average molecular weight is 253 g/mol. The Morgan fingerprint density at radius 3 is 2.76 bits per heavy atom. The van der Waals surface area contributed by atoms with Gasteiger partial charge in [0, 0.05) is 22.7 Å². The van der Waals surface area contributed by atoms with E-state index in [1.54, 1.807) is 6.07 Å². The lowest BCUT2D eigenvalue weighted by molar-refractivity contribution is 0.0696. The highest BCUT2D eigenvalue weighted by atomic mass is 32.2. The fourth-order valence-corrected chi connectivity index (χ4v) is 3.85. The molecule has 1 N–H and O–H groups in total. The van der Waals surface area contributed by atoms with Crippen LogP contribution in [-0.2, 0) is 6.54 Å². The molecule has 17 heavy (non-hydrogen) atoms. The molecule has 4 heteroatoms. The van der Waals surface area contributed by atoms with E-state index in [0.717, 1.165) is 17.9 Å². The summed E-state index contributed by atoms with van der Waals surface area (Å²) < 4.78 is 2.42. The molecule has 1 saturated heterocycles. The van der Waals surface area contributed by atoms with Crippen molar-refractivity contribution in [2.24, 2.45) is 0 Å². The summed E-state index contributed by atoms with van der Waals surface area (Å²) in [5.74, 6) is 0.398. The van der Waals surface area contributed by atoms with Gasteiger partial charge in [-0.15, -0.1) is 0 Å². The van der Waals surface area contributed by atoms with E-state index < -0.39 is 5.97 Å². The smallest absolute Gasteiger partial charge is 0.337 e. The van der Waals surface area contributed by atoms with Gasteiger partial charge in [0.15, 0.2) is 0 Å². The van der Waals surface area contributed by atoms with Gasteiger partial charge in [0.25, 0.3) is 0 Å². The van der Waals surface area contributed by atoms with Gasteiger partial charge in [0.05, 0.1) is 5.56 Å². The van der Waals surface area contributed by atoms with Crippen molar-refractivity contribution in [1.82, 2.24) is 4.57 Å². The van der Waals surface area contributed by atoms with E-state index in [2.05, 4.69) is 11.5 Å². The first-order chi connectivity index (χ1) is 7.93. The molecule has 0 aromatic carbocycles. The number of hydrogen-bond donors (Lipinski definition) is 1. The van der Waals surface area contributed by atoms with Crippen molar-refractivity contribution in [3.05, 3.63) is 23.0 Å². The molecule has 3 nitrogen and oxygen atoms in total. The predicted molar refractivity (Wildman–Crippen MR) is 71.0 cm³/mol. The predicted octanol–water partition coefficient (Wildman–Crippen LogP) is 3.09. The lowest BCUT2D eigenvalue weighted by Gasteiger charge is -2.25. The SMILES string of the molecule is Cc1cc(C(=O)O)c(C)n1CC1(C)CCCS1. The van der Waals surface area contributed by atoms with Gasteiger partial charge in [-0.3, -0.25) is 0 Å². The Labute approximate surface area is 106 Å². The van der Waals surface area contributed by atoms with Gasteiger partial charge in [0.2, 0.25) is 0 Å². The molecule has 0 spiro atoms. The fraction of sp³-hybridized carbons (Fsp3) is 0.615. The number of aromatic carboxylic acids is 1. The molecule has 0 bridgehead atoms. The van der Waals surface area contributed by atoms with Crippen molar-refractivity contribution in [2.75, 3.05) is 5.75 Å². The molecule has 1 aliphatic heterocycles. The number of carboxylic acids is 1. The van der Waals surface area contributed by atoms with Crippen molar-refractivity contribution in [3.8, 4) is 0 Å². The Balaban J connectivity index is 2.29. The minimum absolute atomic E-state index is 0.268. The first-order valence-corrected chi connectivity index (χ1v) is 6.95. The second-order valence-electron chi connectivity index (χ2n) is 5.08. The van der Waals surface area contributed by atoms with Gasteiger partial charge in [-0.2, -0.15) is 11.8 Å². The van der Waals surface area contributed by atoms with E-state index in [-0.39, 0.29) is 4.75 Å². The maximum Gasteiger partial charge on any atom is 0.337 e. The largest absolute Gasteiger partial charge is 0.478 e. The first kappa shape index (κ1) is 12.6. The zero-order chi connectivity index (χ0) is 12.6. The molecule has 1 aromatic heterocycles. The normalized spacial score (nSPS) is 24.2. The van der Waals surface area contributed by atoms with E-state index in [4.69, 9.17) is 5.11 Å². The van der Waals surface area contributed by atoms with E-state index >= 15 is 0 Å². The fourth-order valence-electron chi connectivity index (χ4n) is 2.56. The highest BCUT2D eigenvalue weighted by Gasteiger charge is 2.31. The molecule has 2 heterocycles. The third kappa shape index (κ3) is 2.37. The van der Waals surface area contributed by atoms with Gasteiger partial charge in [-0.25, -0.2) is 4.79 Å².